The number of rotatable bonds is 3. The number of imidazole rings is 1. The van der Waals surface area contributed by atoms with Crippen molar-refractivity contribution in [1.82, 2.24) is 24.5 Å². The fourth-order valence-corrected chi connectivity index (χ4v) is 4.50. The maximum absolute atomic E-state index is 5.41. The van der Waals surface area contributed by atoms with Crippen molar-refractivity contribution in [3.8, 4) is 11.3 Å². The van der Waals surface area contributed by atoms with Crippen molar-refractivity contribution in [2.45, 2.75) is 18.9 Å². The molecule has 0 amide bonds. The number of aryl methyl sites for hydroxylation is 1. The zero-order valence-corrected chi connectivity index (χ0v) is 16.6. The number of fused-ring (bicyclic) bond motifs is 3. The first-order valence-electron chi connectivity index (χ1n) is 10.4. The van der Waals surface area contributed by atoms with Crippen LogP contribution >= 0.6 is 0 Å². The summed E-state index contributed by atoms with van der Waals surface area (Å²) >= 11 is 0. The maximum atomic E-state index is 5.41. The molecule has 2 aliphatic heterocycles. The Hall–Kier alpha value is -3.32. The van der Waals surface area contributed by atoms with Crippen LogP contribution in [0.4, 0.5) is 5.95 Å². The van der Waals surface area contributed by atoms with Crippen molar-refractivity contribution in [2.24, 2.45) is 0 Å². The summed E-state index contributed by atoms with van der Waals surface area (Å²) < 4.78 is 7.78. The molecule has 4 aromatic rings. The average molecular weight is 398 g/mol. The predicted octanol–water partition coefficient (Wildman–Crippen LogP) is 3.26. The molecular formula is C23H22N6O. The SMILES string of the molecule is c1ccc(C2CCc3nc4cnc(-c5cnc(N6CCOCC6)nc5)cc4n32)cc1. The summed E-state index contributed by atoms with van der Waals surface area (Å²) in [4.78, 5) is 20.8. The molecule has 0 saturated carbocycles. The third-order valence-corrected chi connectivity index (χ3v) is 6.01. The highest BCUT2D eigenvalue weighted by Crippen LogP contribution is 2.36. The van der Waals surface area contributed by atoms with Crippen LogP contribution in [0.15, 0.2) is 55.0 Å². The smallest absolute Gasteiger partial charge is 0.225 e. The van der Waals surface area contributed by atoms with Gasteiger partial charge in [-0.2, -0.15) is 0 Å². The van der Waals surface area contributed by atoms with Gasteiger partial charge in [0.1, 0.15) is 11.3 Å². The molecule has 1 fully saturated rings. The van der Waals surface area contributed by atoms with Gasteiger partial charge in [-0.05, 0) is 18.1 Å². The molecule has 2 aliphatic rings. The number of morpholine rings is 1. The van der Waals surface area contributed by atoms with Crippen molar-refractivity contribution < 1.29 is 4.74 Å². The van der Waals surface area contributed by atoms with Crippen LogP contribution in [0, 0.1) is 0 Å². The minimum atomic E-state index is 0.321. The number of benzene rings is 1. The summed E-state index contributed by atoms with van der Waals surface area (Å²) in [5.41, 5.74) is 5.18. The molecule has 6 rings (SSSR count). The minimum Gasteiger partial charge on any atom is -0.378 e. The van der Waals surface area contributed by atoms with Crippen LogP contribution in [-0.2, 0) is 11.2 Å². The number of pyridine rings is 1. The van der Waals surface area contributed by atoms with E-state index in [9.17, 15) is 0 Å². The first-order valence-corrected chi connectivity index (χ1v) is 10.4. The monoisotopic (exact) mass is 398 g/mol. The quantitative estimate of drug-likeness (QED) is 0.528. The van der Waals surface area contributed by atoms with E-state index in [2.05, 4.69) is 60.8 Å². The predicted molar refractivity (Wildman–Crippen MR) is 114 cm³/mol. The molecule has 1 saturated heterocycles. The number of hydrogen-bond acceptors (Lipinski definition) is 6. The molecule has 0 bridgehead atoms. The zero-order valence-electron chi connectivity index (χ0n) is 16.6. The Morgan fingerprint density at radius 3 is 2.53 bits per heavy atom. The number of ether oxygens (including phenoxy) is 1. The maximum Gasteiger partial charge on any atom is 0.225 e. The van der Waals surface area contributed by atoms with Crippen LogP contribution in [0.1, 0.15) is 23.9 Å². The van der Waals surface area contributed by atoms with E-state index in [-0.39, 0.29) is 0 Å². The van der Waals surface area contributed by atoms with E-state index in [0.717, 1.165) is 73.2 Å². The van der Waals surface area contributed by atoms with Gasteiger partial charge in [0.25, 0.3) is 0 Å². The molecule has 1 aromatic carbocycles. The summed E-state index contributed by atoms with van der Waals surface area (Å²) in [6.07, 6.45) is 7.66. The van der Waals surface area contributed by atoms with Crippen LogP contribution in [-0.4, -0.2) is 50.8 Å². The second-order valence-corrected chi connectivity index (χ2v) is 7.79. The van der Waals surface area contributed by atoms with Gasteiger partial charge in [-0.25, -0.2) is 15.0 Å². The van der Waals surface area contributed by atoms with Gasteiger partial charge in [0.2, 0.25) is 5.95 Å². The first-order chi connectivity index (χ1) is 14.9. The summed E-state index contributed by atoms with van der Waals surface area (Å²) in [6, 6.07) is 13.1. The molecule has 3 aromatic heterocycles. The summed E-state index contributed by atoms with van der Waals surface area (Å²) in [5.74, 6) is 1.88. The highest BCUT2D eigenvalue weighted by Gasteiger charge is 2.27. The topological polar surface area (TPSA) is 69.0 Å². The Bertz CT molecular complexity index is 1180. The molecule has 0 aliphatic carbocycles. The number of anilines is 1. The van der Waals surface area contributed by atoms with Crippen LogP contribution in [0.25, 0.3) is 22.3 Å². The van der Waals surface area contributed by atoms with Crippen LogP contribution in [0.2, 0.25) is 0 Å². The fourth-order valence-electron chi connectivity index (χ4n) is 4.50. The lowest BCUT2D eigenvalue weighted by Crippen LogP contribution is -2.37. The van der Waals surface area contributed by atoms with Crippen molar-refractivity contribution in [3.05, 3.63) is 66.4 Å². The van der Waals surface area contributed by atoms with Crippen molar-refractivity contribution in [1.29, 1.82) is 0 Å². The molecule has 0 N–H and O–H groups in total. The van der Waals surface area contributed by atoms with Gasteiger partial charge < -0.3 is 14.2 Å². The Balaban J connectivity index is 1.36. The minimum absolute atomic E-state index is 0.321. The van der Waals surface area contributed by atoms with Crippen LogP contribution in [0.5, 0.6) is 0 Å². The Labute approximate surface area is 174 Å². The van der Waals surface area contributed by atoms with E-state index < -0.39 is 0 Å². The number of aromatic nitrogens is 5. The molecule has 0 spiro atoms. The fraction of sp³-hybridized carbons (Fsp3) is 0.304. The molecule has 30 heavy (non-hydrogen) atoms. The second kappa shape index (κ2) is 7.18. The van der Waals surface area contributed by atoms with Gasteiger partial charge in [-0.15, -0.1) is 0 Å². The first kappa shape index (κ1) is 17.5. The second-order valence-electron chi connectivity index (χ2n) is 7.79. The molecule has 1 atom stereocenters. The lowest BCUT2D eigenvalue weighted by molar-refractivity contribution is 0.122. The van der Waals surface area contributed by atoms with E-state index in [1.165, 1.54) is 5.56 Å². The van der Waals surface area contributed by atoms with Crippen LogP contribution in [0.3, 0.4) is 0 Å². The number of nitrogens with zero attached hydrogens (tertiary/aromatic N) is 6. The van der Waals surface area contributed by atoms with Crippen molar-refractivity contribution in [2.75, 3.05) is 31.2 Å². The molecule has 1 unspecified atom stereocenters. The number of hydrogen-bond donors (Lipinski definition) is 0. The normalized spacial score (nSPS) is 18.7. The highest BCUT2D eigenvalue weighted by atomic mass is 16.5. The zero-order chi connectivity index (χ0) is 19.9. The summed E-state index contributed by atoms with van der Waals surface area (Å²) in [6.45, 7) is 3.09. The van der Waals surface area contributed by atoms with Crippen LogP contribution < -0.4 is 4.90 Å². The molecule has 5 heterocycles. The van der Waals surface area contributed by atoms with E-state index >= 15 is 0 Å². The third kappa shape index (κ3) is 2.93. The van der Waals surface area contributed by atoms with Gasteiger partial charge in [0.15, 0.2) is 0 Å². The third-order valence-electron chi connectivity index (χ3n) is 6.01. The molecule has 0 radical (unpaired) electrons. The van der Waals surface area contributed by atoms with Gasteiger partial charge >= 0.3 is 0 Å². The van der Waals surface area contributed by atoms with E-state index in [4.69, 9.17) is 9.72 Å². The van der Waals surface area contributed by atoms with E-state index in [1.54, 1.807) is 0 Å². The molecule has 150 valence electrons. The summed E-state index contributed by atoms with van der Waals surface area (Å²) in [5, 5.41) is 0. The van der Waals surface area contributed by atoms with Crippen molar-refractivity contribution in [3.63, 3.8) is 0 Å². The highest BCUT2D eigenvalue weighted by molar-refractivity contribution is 5.80. The van der Waals surface area contributed by atoms with E-state index in [0.29, 0.717) is 6.04 Å². The van der Waals surface area contributed by atoms with Gasteiger partial charge in [-0.3, -0.25) is 4.98 Å². The van der Waals surface area contributed by atoms with Gasteiger partial charge in [0.05, 0.1) is 36.7 Å². The summed E-state index contributed by atoms with van der Waals surface area (Å²) in [7, 11) is 0. The van der Waals surface area contributed by atoms with E-state index in [1.807, 2.05) is 18.6 Å². The molecular weight excluding hydrogens is 376 g/mol. The Morgan fingerprint density at radius 2 is 1.73 bits per heavy atom. The van der Waals surface area contributed by atoms with Gasteiger partial charge in [0, 0.05) is 37.5 Å². The lowest BCUT2D eigenvalue weighted by atomic mass is 10.0. The Morgan fingerprint density at radius 1 is 0.933 bits per heavy atom. The lowest BCUT2D eigenvalue weighted by Gasteiger charge is -2.26. The molecule has 7 heteroatoms. The largest absolute Gasteiger partial charge is 0.378 e. The average Bonchev–Trinajstić information content (AvgIpc) is 3.39. The van der Waals surface area contributed by atoms with Gasteiger partial charge in [-0.1, -0.05) is 30.3 Å². The molecule has 7 nitrogen and oxygen atoms in total. The standard InChI is InChI=1S/C23H22N6O/c1-2-4-16(5-3-1)20-6-7-22-27-19-15-24-18(12-21(19)29(20)22)17-13-25-23(26-14-17)28-8-10-30-11-9-28/h1-5,12-15,20H,6-11H2. The Kier molecular flexibility index (Phi) is 4.19. The van der Waals surface area contributed by atoms with Crippen molar-refractivity contribution >= 4 is 17.0 Å².